The second kappa shape index (κ2) is 46.9. The molecule has 4 aliphatic heterocycles. The number of amides is 4. The predicted octanol–water partition coefficient (Wildman–Crippen LogP) is 32.6. The van der Waals surface area contributed by atoms with Gasteiger partial charge in [0.1, 0.15) is 34.1 Å². The van der Waals surface area contributed by atoms with E-state index in [0.717, 1.165) is 178 Å². The minimum atomic E-state index is -0.754. The van der Waals surface area contributed by atoms with Crippen molar-refractivity contribution in [1.29, 1.82) is 0 Å². The van der Waals surface area contributed by atoms with Crippen molar-refractivity contribution in [2.45, 2.75) is 237 Å². The van der Waals surface area contributed by atoms with Gasteiger partial charge in [0, 0.05) is 78.5 Å². The fourth-order valence-corrected chi connectivity index (χ4v) is 25.4. The molecule has 0 N–H and O–H groups in total. The highest BCUT2D eigenvalue weighted by Crippen LogP contribution is 2.55. The van der Waals surface area contributed by atoms with Crippen LogP contribution in [0.2, 0.25) is 0 Å². The largest absolute Gasteiger partial charge is 0.514 e. The van der Waals surface area contributed by atoms with E-state index in [1.165, 1.54) is 19.5 Å². The summed E-state index contributed by atoms with van der Waals surface area (Å²) >= 11 is 15.5. The monoisotopic (exact) mass is 2080 g/mol. The second-order valence-electron chi connectivity index (χ2n) is 37.4. The van der Waals surface area contributed by atoms with E-state index in [1.807, 2.05) is 68.1 Å². The maximum absolute atomic E-state index is 15.5. The number of halogens is 1. The molecule has 11 aromatic rings. The molecule has 4 aliphatic rings. The number of benzene rings is 3. The summed E-state index contributed by atoms with van der Waals surface area (Å²) in [5, 5.41) is 4.20. The molecule has 714 valence electrons. The number of hydrogen-bond acceptors (Lipinski definition) is 21. The molecular weight excluding hydrogens is 1960 g/mol. The molecule has 4 unspecified atom stereocenters. The highest BCUT2D eigenvalue weighted by molar-refractivity contribution is 14.1. The molecular formula is C109H125IN4O13S8. The average molecular weight is 2080 g/mol. The van der Waals surface area contributed by atoms with E-state index in [0.29, 0.717) is 88.9 Å². The SMILES string of the molecule is CC(C)(C)OC(=O)Oc1cccc(I)c1.CCCCC(CC)CN1C(=O)C2=C(c3ccc(-c4ccc(-c5cccc(OC(=O)OC(C)(C)C)c5)s4)s3)N(CC(CC)CCCC)C(=O)C2=C1c1ccc(-c2ccc(-c3cccc(OC(=O)OC(C)(C)C)c3)s2)s1.CCCCC(CC)CN1C(=O)C2=C(c3ccc(-c4cccs4)s3)N(CC(CC)CCCC)C(=O)C2=C1c1ccc(-c2cccs2)s1. The van der Waals surface area contributed by atoms with Gasteiger partial charge in [0.15, 0.2) is 0 Å². The number of ether oxygens (including phenoxy) is 6. The van der Waals surface area contributed by atoms with E-state index in [1.54, 1.807) is 177 Å². The number of fused-ring (bicyclic) bond motifs is 2. The summed E-state index contributed by atoms with van der Waals surface area (Å²) in [7, 11) is 0. The molecule has 0 saturated heterocycles. The minimum Gasteiger partial charge on any atom is -0.428 e. The van der Waals surface area contributed by atoms with Crippen molar-refractivity contribution < 1.29 is 62.0 Å². The highest BCUT2D eigenvalue weighted by atomic mass is 127. The van der Waals surface area contributed by atoms with Gasteiger partial charge in [0.25, 0.3) is 23.6 Å². The second-order valence-corrected chi connectivity index (χ2v) is 47.0. The van der Waals surface area contributed by atoms with Crippen LogP contribution < -0.4 is 14.2 Å². The topological polar surface area (TPSA) is 188 Å². The Morgan fingerprint density at radius 2 is 0.548 bits per heavy atom. The highest BCUT2D eigenvalue weighted by Gasteiger charge is 2.52. The lowest BCUT2D eigenvalue weighted by atomic mass is 9.98. The Hall–Kier alpha value is -9.36. The molecule has 15 rings (SSSR count). The van der Waals surface area contributed by atoms with Gasteiger partial charge in [-0.3, -0.25) is 19.2 Å². The number of thiophene rings is 8. The fraction of sp³-hybridized carbons (Fsp3) is 0.404. The molecule has 135 heavy (non-hydrogen) atoms. The van der Waals surface area contributed by atoms with Crippen LogP contribution in [-0.4, -0.2) is 105 Å². The van der Waals surface area contributed by atoms with Gasteiger partial charge in [-0.1, -0.05) is 175 Å². The van der Waals surface area contributed by atoms with E-state index >= 15 is 9.59 Å². The Morgan fingerprint density at radius 3 is 0.793 bits per heavy atom. The summed E-state index contributed by atoms with van der Waals surface area (Å²) in [4.78, 5) is 119. The molecule has 17 nitrogen and oxygen atoms in total. The van der Waals surface area contributed by atoms with Crippen LogP contribution in [0.25, 0.3) is 82.7 Å². The molecule has 0 fully saturated rings. The van der Waals surface area contributed by atoms with E-state index in [-0.39, 0.29) is 35.5 Å². The lowest BCUT2D eigenvalue weighted by Crippen LogP contribution is -2.34. The Bertz CT molecular complexity index is 5770. The van der Waals surface area contributed by atoms with Crippen molar-refractivity contribution in [1.82, 2.24) is 19.6 Å². The quantitative estimate of drug-likeness (QED) is 0.0155. The smallest absolute Gasteiger partial charge is 0.428 e. The lowest BCUT2D eigenvalue weighted by Gasteiger charge is -2.29. The molecule has 4 atom stereocenters. The third-order valence-corrected chi connectivity index (χ3v) is 33.5. The minimum absolute atomic E-state index is 0.00967. The number of nitrogens with zero attached hydrogens (tertiary/aromatic N) is 4. The standard InChI is InChI=1S/C60H68N2O8S4.C38H44N2O2S4.C11H13IO3/c1-11-15-19-37(13-3)35-61-53(49-31-29-47(73-49)45-27-25-43(71-45)39-21-17-23-41(33-39)67-57(65)69-59(5,6)7)51-52(55(61)63)54(62(56(51)64)36-38(14-4)20-16-12-2)50-32-30-48(74-50)46-28-26-44(72-46)40-22-18-24-42(34-40)68-58(66)70-60(8,9)10;1-5-9-13-25(7-3)23-39-35(31-19-17-29(45-31)27-15-11-21-43-27)33-34(37(39)41)36(32-20-18-30(46-32)28-16-12-22-44-28)40(38(33)42)24-26(8-4)14-10-6-2;1-11(2,3)15-10(13)14-9-6-4-5-8(12)7-9/h17-18,21-34,37-38H,11-16,19-20,35-36H2,1-10H3;11-12,15-22,25-26H,5-10,13-14,23-24H2,1-4H3;4-7H,1-3H3. The molecule has 26 heteroatoms. The zero-order valence-electron chi connectivity index (χ0n) is 80.5. The molecule has 8 aromatic heterocycles. The number of hydrogen-bond donors (Lipinski definition) is 0. The molecule has 0 aliphatic carbocycles. The number of carbonyl (C=O) groups excluding carboxylic acids is 7. The average Bonchev–Trinajstić information content (AvgIpc) is 1.56. The van der Waals surface area contributed by atoms with Gasteiger partial charge in [-0.25, -0.2) is 14.4 Å². The van der Waals surface area contributed by atoms with Crippen molar-refractivity contribution in [2.24, 2.45) is 23.7 Å². The molecule has 0 radical (unpaired) electrons. The van der Waals surface area contributed by atoms with Crippen LogP contribution in [0.4, 0.5) is 14.4 Å². The third-order valence-electron chi connectivity index (χ3n) is 23.7. The van der Waals surface area contributed by atoms with Gasteiger partial charge in [-0.05, 0) is 284 Å². The first-order valence-electron chi connectivity index (χ1n) is 47.3. The van der Waals surface area contributed by atoms with E-state index in [2.05, 4.69) is 186 Å². The molecule has 3 aromatic carbocycles. The molecule has 0 saturated carbocycles. The Kier molecular flexibility index (Phi) is 35.8. The van der Waals surface area contributed by atoms with Gasteiger partial charge in [0.2, 0.25) is 0 Å². The first-order chi connectivity index (χ1) is 64.7. The van der Waals surface area contributed by atoms with Crippen LogP contribution in [0.5, 0.6) is 17.2 Å². The summed E-state index contributed by atoms with van der Waals surface area (Å²) in [5.41, 5.74) is 5.24. The Labute approximate surface area is 842 Å². The van der Waals surface area contributed by atoms with Crippen molar-refractivity contribution in [3.63, 3.8) is 0 Å². The van der Waals surface area contributed by atoms with Gasteiger partial charge in [-0.2, -0.15) is 0 Å². The first-order valence-corrected chi connectivity index (χ1v) is 55.1. The van der Waals surface area contributed by atoms with Gasteiger partial charge >= 0.3 is 18.5 Å². The lowest BCUT2D eigenvalue weighted by molar-refractivity contribution is -0.124. The van der Waals surface area contributed by atoms with Crippen LogP contribution >= 0.6 is 113 Å². The van der Waals surface area contributed by atoms with Gasteiger partial charge < -0.3 is 48.0 Å². The van der Waals surface area contributed by atoms with Gasteiger partial charge in [-0.15, -0.1) is 90.7 Å². The summed E-state index contributed by atoms with van der Waals surface area (Å²) in [6.45, 7) is 36.2. The molecule has 0 spiro atoms. The number of rotatable bonds is 37. The summed E-state index contributed by atoms with van der Waals surface area (Å²) in [6, 6.07) is 55.8. The summed E-state index contributed by atoms with van der Waals surface area (Å²) in [6.07, 6.45) is 14.7. The molecule has 0 bridgehead atoms. The predicted molar refractivity (Wildman–Crippen MR) is 569 cm³/mol. The zero-order valence-corrected chi connectivity index (χ0v) is 89.2. The Balaban J connectivity index is 0.000000213. The molecule has 12 heterocycles. The van der Waals surface area contributed by atoms with Crippen LogP contribution in [0.1, 0.15) is 240 Å². The van der Waals surface area contributed by atoms with Gasteiger partial charge in [0.05, 0.1) is 64.6 Å². The van der Waals surface area contributed by atoms with Crippen LogP contribution in [0.15, 0.2) is 203 Å². The van der Waals surface area contributed by atoms with Crippen molar-refractivity contribution >= 4 is 178 Å². The van der Waals surface area contributed by atoms with E-state index < -0.39 is 35.3 Å². The maximum Gasteiger partial charge on any atom is 0.514 e. The first kappa shape index (κ1) is 103. The molecule has 4 amide bonds. The van der Waals surface area contributed by atoms with Crippen molar-refractivity contribution in [3.05, 3.63) is 226 Å². The normalized spacial score (nSPS) is 14.9. The number of carbonyl (C=O) groups is 7. The van der Waals surface area contributed by atoms with Crippen molar-refractivity contribution in [3.8, 4) is 77.1 Å². The van der Waals surface area contributed by atoms with E-state index in [4.69, 9.17) is 28.4 Å². The van der Waals surface area contributed by atoms with Crippen LogP contribution in [0.3, 0.4) is 0 Å². The Morgan fingerprint density at radius 1 is 0.304 bits per heavy atom. The third kappa shape index (κ3) is 26.2. The summed E-state index contributed by atoms with van der Waals surface area (Å²) < 4.78 is 32.9. The number of unbranched alkanes of at least 4 members (excludes halogenated alkanes) is 4. The van der Waals surface area contributed by atoms with Crippen molar-refractivity contribution in [2.75, 3.05) is 26.2 Å². The van der Waals surface area contributed by atoms with Crippen LogP contribution in [0, 0.1) is 27.2 Å². The fourth-order valence-electron chi connectivity index (χ4n) is 16.8. The van der Waals surface area contributed by atoms with E-state index in [9.17, 15) is 24.0 Å². The maximum atomic E-state index is 15.5. The van der Waals surface area contributed by atoms with Crippen LogP contribution in [-0.2, 0) is 33.4 Å². The summed E-state index contributed by atoms with van der Waals surface area (Å²) in [5.74, 6) is 2.35. The zero-order chi connectivity index (χ0) is 96.6.